The minimum Gasteiger partial charge on any atom is -0.254 e. The van der Waals surface area contributed by atoms with E-state index >= 15 is 0 Å². The van der Waals surface area contributed by atoms with Crippen molar-refractivity contribution in [2.45, 2.75) is 0 Å². The summed E-state index contributed by atoms with van der Waals surface area (Å²) in [5.41, 5.74) is -1.05. The van der Waals surface area contributed by atoms with Gasteiger partial charge in [0.05, 0.1) is 45.5 Å². The lowest BCUT2D eigenvalue weighted by atomic mass is 9.87. The van der Waals surface area contributed by atoms with E-state index in [0.29, 0.717) is 44.4 Å². The highest BCUT2D eigenvalue weighted by atomic mass is 32.1. The second-order valence-electron chi connectivity index (χ2n) is 12.9. The zero-order chi connectivity index (χ0) is 56.0. The summed E-state index contributed by atoms with van der Waals surface area (Å²) in [6.45, 7) is 0. The van der Waals surface area contributed by atoms with Gasteiger partial charge < -0.3 is 0 Å². The fourth-order valence-electron chi connectivity index (χ4n) is 7.30. The van der Waals surface area contributed by atoms with Crippen LogP contribution in [-0.4, -0.2) is 9.97 Å². The molecule has 0 fully saturated rings. The van der Waals surface area contributed by atoms with E-state index in [2.05, 4.69) is 4.98 Å². The van der Waals surface area contributed by atoms with Crippen LogP contribution in [0.5, 0.6) is 0 Å². The van der Waals surface area contributed by atoms with Crippen molar-refractivity contribution in [1.82, 2.24) is 9.97 Å². The SMILES string of the molecule is [2H]c1c([2H])c([2H])c(-c2sc(-c3c([2H])c([2H])c(-c4ccc(-c5ccc6ccc7cccnc7c6n5)c5ccccc45)c4c([2H])c([2H])c([2H])c([2H])c34)c(-c3c([2H])c([2H])c([2H])c([2H])c3[2H])c2-c2c([2H])c([2H])c([2H])c([2H])c2[2H])c([2H])c1[2H]. The third kappa shape index (κ3) is 5.63. The molecule has 3 aromatic heterocycles. The molecule has 0 saturated heterocycles. The first-order valence-corrected chi connectivity index (χ1v) is 18.4. The van der Waals surface area contributed by atoms with Crippen LogP contribution in [-0.2, 0) is 0 Å². The Balaban J connectivity index is 1.33. The molecule has 0 radical (unpaired) electrons. The Kier molecular flexibility index (Phi) is 4.41. The van der Waals surface area contributed by atoms with Crippen molar-refractivity contribution in [3.8, 4) is 65.5 Å². The summed E-state index contributed by atoms with van der Waals surface area (Å²) >= 11 is 0.460. The molecule has 0 saturated carbocycles. The Hall–Kier alpha value is -7.20. The number of aromatic nitrogens is 2. The van der Waals surface area contributed by atoms with Crippen LogP contribution < -0.4 is 0 Å². The summed E-state index contributed by atoms with van der Waals surface area (Å²) in [5.74, 6) is 0. The Morgan fingerprint density at radius 2 is 0.930 bits per heavy atom. The van der Waals surface area contributed by atoms with E-state index in [0.717, 1.165) is 10.8 Å². The van der Waals surface area contributed by atoms with Crippen molar-refractivity contribution in [3.05, 3.63) is 206 Å². The van der Waals surface area contributed by atoms with Gasteiger partial charge >= 0.3 is 0 Å². The second kappa shape index (κ2) is 13.8. The lowest BCUT2D eigenvalue weighted by Crippen LogP contribution is -1.92. The summed E-state index contributed by atoms with van der Waals surface area (Å²) in [6.07, 6.45) is 1.68. The molecule has 0 bridgehead atoms. The average molecular weight is 764 g/mol. The Morgan fingerprint density at radius 3 is 1.63 bits per heavy atom. The molecule has 0 aliphatic rings. The number of rotatable bonds is 6. The van der Waals surface area contributed by atoms with Crippen molar-refractivity contribution in [2.24, 2.45) is 0 Å². The monoisotopic (exact) mass is 763 g/mol. The van der Waals surface area contributed by atoms with E-state index in [4.69, 9.17) is 20.1 Å². The first-order chi connectivity index (χ1) is 37.0. The number of thiophene rings is 1. The number of nitrogens with zero attached hydrogens (tertiary/aromatic N) is 2. The number of hydrogen-bond acceptors (Lipinski definition) is 3. The third-order valence-corrected chi connectivity index (χ3v) is 11.0. The van der Waals surface area contributed by atoms with E-state index in [1.165, 1.54) is 0 Å². The zero-order valence-electron chi connectivity index (χ0n) is 50.3. The van der Waals surface area contributed by atoms with Gasteiger partial charge in [0, 0.05) is 49.0 Å². The van der Waals surface area contributed by atoms with Crippen LogP contribution in [0.15, 0.2) is 206 Å². The minimum atomic E-state index is -0.918. The maximum atomic E-state index is 10.1. The van der Waals surface area contributed by atoms with Gasteiger partial charge in [-0.05, 0) is 61.5 Å². The van der Waals surface area contributed by atoms with Crippen LogP contribution in [0.4, 0.5) is 0 Å². The van der Waals surface area contributed by atoms with Gasteiger partial charge in [0.15, 0.2) is 0 Å². The first kappa shape index (κ1) is 18.2. The number of hydrogen-bond donors (Lipinski definition) is 0. The predicted octanol–water partition coefficient (Wildman–Crippen LogP) is 15.2. The lowest BCUT2D eigenvalue weighted by molar-refractivity contribution is 1.37. The molecule has 0 N–H and O–H groups in total. The highest BCUT2D eigenvalue weighted by Crippen LogP contribution is 2.53. The molecule has 0 aliphatic carbocycles. The molecule has 0 amide bonds. The van der Waals surface area contributed by atoms with Crippen LogP contribution in [0.25, 0.3) is 109 Å². The first-order valence-electron chi connectivity index (χ1n) is 28.1. The molecule has 0 atom stereocenters. The van der Waals surface area contributed by atoms with Gasteiger partial charge in [-0.2, -0.15) is 0 Å². The third-order valence-electron chi connectivity index (χ3n) is 9.76. The van der Waals surface area contributed by atoms with Crippen LogP contribution in [0.1, 0.15) is 28.8 Å². The van der Waals surface area contributed by atoms with E-state index < -0.39 is 175 Å². The van der Waals surface area contributed by atoms with Crippen LogP contribution >= 0.6 is 11.3 Å². The topological polar surface area (TPSA) is 25.8 Å². The highest BCUT2D eigenvalue weighted by Gasteiger charge is 2.25. The van der Waals surface area contributed by atoms with E-state index in [1.807, 2.05) is 42.5 Å². The summed E-state index contributed by atoms with van der Waals surface area (Å²) in [5, 5.41) is 2.08. The predicted molar refractivity (Wildman–Crippen MR) is 243 cm³/mol. The van der Waals surface area contributed by atoms with Gasteiger partial charge in [-0.25, -0.2) is 4.98 Å². The average Bonchev–Trinajstić information content (AvgIpc) is 3.75. The zero-order valence-corrected chi connectivity index (χ0v) is 30.1. The molecule has 0 spiro atoms. The molecule has 11 aromatic rings. The Morgan fingerprint density at radius 1 is 0.386 bits per heavy atom. The standard InChI is InChI=1S/C54H34N2S/c1-4-15-35(16-5-1)49-50(36-17-6-2-7-18-36)54(57-53(49)39-19-8-3-9-20-39)47-32-30-45(41-23-11-13-25-43(41)47)44-29-31-46(42-24-12-10-22-40(42)44)48-33-28-38-27-26-37-21-14-34-55-51(37)52(38)56-48/h1-34H/i1D,2D,3D,4D,5D,6D,7D,8D,9D,11D,13D,15D,16D,17D,18D,19D,20D,23D,25D,30D,32D. The van der Waals surface area contributed by atoms with Crippen molar-refractivity contribution < 1.29 is 28.8 Å². The fraction of sp³-hybridized carbons (Fsp3) is 0. The number of fused-ring (bicyclic) bond motifs is 5. The largest absolute Gasteiger partial charge is 0.254 e. The minimum absolute atomic E-state index is 0.132. The second-order valence-corrected chi connectivity index (χ2v) is 13.9. The van der Waals surface area contributed by atoms with Crippen molar-refractivity contribution in [3.63, 3.8) is 0 Å². The quantitative estimate of drug-likeness (QED) is 0.158. The van der Waals surface area contributed by atoms with Crippen molar-refractivity contribution in [2.75, 3.05) is 0 Å². The van der Waals surface area contributed by atoms with Crippen molar-refractivity contribution >= 4 is 54.7 Å². The molecular weight excluding hydrogens is 709 g/mol. The van der Waals surface area contributed by atoms with Crippen LogP contribution in [0.3, 0.4) is 0 Å². The van der Waals surface area contributed by atoms with E-state index in [9.17, 15) is 13.7 Å². The van der Waals surface area contributed by atoms with Gasteiger partial charge in [-0.3, -0.25) is 4.98 Å². The summed E-state index contributed by atoms with van der Waals surface area (Å²) in [4.78, 5) is 8.78. The van der Waals surface area contributed by atoms with Gasteiger partial charge in [0.25, 0.3) is 0 Å². The molecule has 11 rings (SSSR count). The molecule has 3 heterocycles. The molecule has 8 aromatic carbocycles. The molecule has 0 unspecified atom stereocenters. The fourth-order valence-corrected chi connectivity index (χ4v) is 8.57. The smallest absolute Gasteiger partial charge is 0.0972 e. The van der Waals surface area contributed by atoms with Crippen LogP contribution in [0, 0.1) is 0 Å². The maximum Gasteiger partial charge on any atom is 0.0972 e. The Labute approximate surface area is 364 Å². The molecule has 0 aliphatic heterocycles. The van der Waals surface area contributed by atoms with Gasteiger partial charge in [0.2, 0.25) is 0 Å². The molecule has 2 nitrogen and oxygen atoms in total. The molecule has 57 heavy (non-hydrogen) atoms. The van der Waals surface area contributed by atoms with Gasteiger partial charge in [0.1, 0.15) is 0 Å². The van der Waals surface area contributed by atoms with E-state index in [-0.39, 0.29) is 16.5 Å². The summed E-state index contributed by atoms with van der Waals surface area (Å²) < 4.78 is 191. The maximum absolute atomic E-state index is 10.1. The van der Waals surface area contributed by atoms with Gasteiger partial charge in [-0.15, -0.1) is 11.3 Å². The molecule has 3 heteroatoms. The Bertz CT molecular complexity index is 4450. The molecular formula is C54H34N2S. The number of pyridine rings is 2. The molecule has 266 valence electrons. The van der Waals surface area contributed by atoms with Crippen LogP contribution in [0.2, 0.25) is 0 Å². The summed E-state index contributed by atoms with van der Waals surface area (Å²) in [6, 6.07) is 4.25. The van der Waals surface area contributed by atoms with Crippen molar-refractivity contribution in [1.29, 1.82) is 0 Å². The van der Waals surface area contributed by atoms with E-state index in [1.54, 1.807) is 36.5 Å². The normalized spacial score (nSPS) is 16.7. The summed E-state index contributed by atoms with van der Waals surface area (Å²) in [7, 11) is 0. The number of benzene rings is 8. The highest BCUT2D eigenvalue weighted by molar-refractivity contribution is 7.20. The van der Waals surface area contributed by atoms with Gasteiger partial charge in [-0.1, -0.05) is 188 Å². The lowest BCUT2D eigenvalue weighted by Gasteiger charge is -2.16.